The minimum Gasteiger partial charge on any atom is -0.488 e. The summed E-state index contributed by atoms with van der Waals surface area (Å²) < 4.78 is 11.0. The van der Waals surface area contributed by atoms with Gasteiger partial charge in [0.1, 0.15) is 18.1 Å². The van der Waals surface area contributed by atoms with E-state index in [-0.39, 0.29) is 28.7 Å². The van der Waals surface area contributed by atoms with Crippen molar-refractivity contribution in [1.29, 1.82) is 0 Å². The Morgan fingerprint density at radius 1 is 1.28 bits per heavy atom. The number of amides is 1. The zero-order valence-corrected chi connectivity index (χ0v) is 16.7. The monoisotopic (exact) mass is 415 g/mol. The van der Waals surface area contributed by atoms with Crippen LogP contribution in [-0.4, -0.2) is 16.0 Å². The minimum atomic E-state index is -0.608. The van der Waals surface area contributed by atoms with Gasteiger partial charge in [0.25, 0.3) is 11.6 Å². The highest BCUT2D eigenvalue weighted by Crippen LogP contribution is 2.28. The first-order valence-corrected chi connectivity index (χ1v) is 9.05. The van der Waals surface area contributed by atoms with Crippen LogP contribution in [0.2, 0.25) is 5.02 Å². The van der Waals surface area contributed by atoms with E-state index in [1.165, 1.54) is 18.2 Å². The number of halogens is 1. The van der Waals surface area contributed by atoms with Crippen LogP contribution in [0, 0.1) is 30.9 Å². The Morgan fingerprint density at radius 2 is 2.03 bits per heavy atom. The van der Waals surface area contributed by atoms with Crippen molar-refractivity contribution in [2.45, 2.75) is 27.4 Å². The number of aromatic nitrogens is 1. The minimum absolute atomic E-state index is 0.0235. The number of nitrogens with zero attached hydrogens (tertiary/aromatic N) is 2. The van der Waals surface area contributed by atoms with Crippen LogP contribution >= 0.6 is 11.6 Å². The van der Waals surface area contributed by atoms with Crippen LogP contribution in [0.1, 0.15) is 32.9 Å². The lowest BCUT2D eigenvalue weighted by atomic mass is 10.1. The van der Waals surface area contributed by atoms with Crippen LogP contribution < -0.4 is 10.1 Å². The van der Waals surface area contributed by atoms with Gasteiger partial charge in [-0.15, -0.1) is 0 Å². The Morgan fingerprint density at radius 3 is 2.76 bits per heavy atom. The number of carbonyl (C=O) groups is 1. The lowest BCUT2D eigenvalue weighted by Gasteiger charge is -2.11. The normalized spacial score (nSPS) is 10.6. The summed E-state index contributed by atoms with van der Waals surface area (Å²) in [6.07, 6.45) is 0. The molecule has 150 valence electrons. The molecule has 0 bridgehead atoms. The van der Waals surface area contributed by atoms with Gasteiger partial charge in [-0.3, -0.25) is 14.9 Å². The first-order chi connectivity index (χ1) is 13.8. The maximum absolute atomic E-state index is 12.7. The number of nitro benzene ring substituents is 1. The van der Waals surface area contributed by atoms with E-state index in [1.807, 2.05) is 32.0 Å². The second-order valence-corrected chi connectivity index (χ2v) is 6.84. The highest BCUT2D eigenvalue weighted by atomic mass is 35.5. The van der Waals surface area contributed by atoms with Crippen molar-refractivity contribution in [3.63, 3.8) is 0 Å². The first kappa shape index (κ1) is 20.3. The maximum atomic E-state index is 12.7. The molecule has 3 rings (SSSR count). The molecule has 8 nitrogen and oxygen atoms in total. The van der Waals surface area contributed by atoms with E-state index in [2.05, 4.69) is 10.5 Å². The molecule has 1 N–H and O–H groups in total. The number of rotatable bonds is 6. The molecule has 0 aliphatic heterocycles. The molecule has 0 atom stereocenters. The van der Waals surface area contributed by atoms with Crippen LogP contribution in [0.4, 0.5) is 11.4 Å². The molecule has 0 unspecified atom stereocenters. The molecule has 0 saturated carbocycles. The Hall–Kier alpha value is -3.39. The average Bonchev–Trinajstić information content (AvgIpc) is 3.05. The molecule has 0 spiro atoms. The van der Waals surface area contributed by atoms with E-state index >= 15 is 0 Å². The highest BCUT2D eigenvalue weighted by molar-refractivity contribution is 6.34. The fourth-order valence-electron chi connectivity index (χ4n) is 2.67. The summed E-state index contributed by atoms with van der Waals surface area (Å²) in [7, 11) is 0. The van der Waals surface area contributed by atoms with Gasteiger partial charge in [-0.25, -0.2) is 0 Å². The van der Waals surface area contributed by atoms with E-state index < -0.39 is 10.8 Å². The summed E-state index contributed by atoms with van der Waals surface area (Å²) in [6, 6.07) is 9.48. The maximum Gasteiger partial charge on any atom is 0.278 e. The molecule has 9 heteroatoms. The van der Waals surface area contributed by atoms with Crippen LogP contribution in [0.15, 0.2) is 40.9 Å². The number of hydrogen-bond acceptors (Lipinski definition) is 6. The number of nitro groups is 1. The molecule has 0 saturated heterocycles. The van der Waals surface area contributed by atoms with Gasteiger partial charge >= 0.3 is 0 Å². The number of nitrogens with one attached hydrogen (secondary N) is 1. The summed E-state index contributed by atoms with van der Waals surface area (Å²) >= 11 is 6.05. The largest absolute Gasteiger partial charge is 0.488 e. The summed E-state index contributed by atoms with van der Waals surface area (Å²) in [5.74, 6) is 0.521. The molecule has 29 heavy (non-hydrogen) atoms. The summed E-state index contributed by atoms with van der Waals surface area (Å²) in [5.41, 5.74) is 2.49. The molecule has 0 radical (unpaired) electrons. The third kappa shape index (κ3) is 4.38. The van der Waals surface area contributed by atoms with E-state index in [4.69, 9.17) is 20.9 Å². The molecule has 3 aromatic rings. The second kappa shape index (κ2) is 8.32. The Balaban J connectivity index is 1.82. The topological polar surface area (TPSA) is 108 Å². The van der Waals surface area contributed by atoms with Crippen LogP contribution in [0.3, 0.4) is 0 Å². The van der Waals surface area contributed by atoms with Crippen molar-refractivity contribution in [3.05, 3.63) is 79.7 Å². The number of aryl methyl sites for hydroxylation is 2. The van der Waals surface area contributed by atoms with Gasteiger partial charge in [0.15, 0.2) is 5.69 Å². The molecule has 0 fully saturated rings. The third-order valence-corrected chi connectivity index (χ3v) is 4.87. The standard InChI is InChI=1S/C20H18ClN3O5/c1-11-5-4-6-18(12(11)2)28-10-15-13(3)29-23-19(15)20(25)22-17-9-14(24(26)27)7-8-16(17)21/h4-9H,10H2,1-3H3,(H,22,25). The fraction of sp³-hybridized carbons (Fsp3) is 0.200. The first-order valence-electron chi connectivity index (χ1n) is 8.67. The van der Waals surface area contributed by atoms with Crippen molar-refractivity contribution in [2.24, 2.45) is 0 Å². The van der Waals surface area contributed by atoms with Gasteiger partial charge in [-0.05, 0) is 44.0 Å². The van der Waals surface area contributed by atoms with Gasteiger partial charge in [0, 0.05) is 12.1 Å². The molecule has 2 aromatic carbocycles. The number of anilines is 1. The lowest BCUT2D eigenvalue weighted by Crippen LogP contribution is -2.16. The molecule has 0 aliphatic carbocycles. The van der Waals surface area contributed by atoms with E-state index in [0.717, 1.165) is 11.1 Å². The predicted octanol–water partition coefficient (Wildman–Crippen LogP) is 4.99. The molecule has 1 aromatic heterocycles. The number of non-ortho nitro benzene ring substituents is 1. The summed E-state index contributed by atoms with van der Waals surface area (Å²) in [5, 5.41) is 17.5. The predicted molar refractivity (Wildman–Crippen MR) is 108 cm³/mol. The lowest BCUT2D eigenvalue weighted by molar-refractivity contribution is -0.384. The molecule has 1 amide bonds. The molecule has 0 aliphatic rings. The molecular weight excluding hydrogens is 398 g/mol. The Kier molecular flexibility index (Phi) is 5.84. The van der Waals surface area contributed by atoms with E-state index in [0.29, 0.717) is 17.1 Å². The number of benzene rings is 2. The van der Waals surface area contributed by atoms with Crippen molar-refractivity contribution >= 4 is 28.9 Å². The quantitative estimate of drug-likeness (QED) is 0.448. The average molecular weight is 416 g/mol. The smallest absolute Gasteiger partial charge is 0.278 e. The number of hydrogen-bond donors (Lipinski definition) is 1. The molecular formula is C20H18ClN3O5. The van der Waals surface area contributed by atoms with Crippen LogP contribution in [0.25, 0.3) is 0 Å². The summed E-state index contributed by atoms with van der Waals surface area (Å²) in [6.45, 7) is 5.68. The van der Waals surface area contributed by atoms with Crippen LogP contribution in [0.5, 0.6) is 5.75 Å². The summed E-state index contributed by atoms with van der Waals surface area (Å²) in [4.78, 5) is 23.1. The van der Waals surface area contributed by atoms with E-state index in [1.54, 1.807) is 6.92 Å². The van der Waals surface area contributed by atoms with Crippen molar-refractivity contribution in [1.82, 2.24) is 5.16 Å². The van der Waals surface area contributed by atoms with Crippen LogP contribution in [-0.2, 0) is 6.61 Å². The van der Waals surface area contributed by atoms with Gasteiger partial charge < -0.3 is 14.6 Å². The third-order valence-electron chi connectivity index (χ3n) is 4.54. The SMILES string of the molecule is Cc1cccc(OCc2c(C(=O)Nc3cc([N+](=O)[O-])ccc3Cl)noc2C)c1C. The highest BCUT2D eigenvalue weighted by Gasteiger charge is 2.22. The second-order valence-electron chi connectivity index (χ2n) is 6.43. The van der Waals surface area contributed by atoms with Gasteiger partial charge in [-0.1, -0.05) is 28.9 Å². The Bertz CT molecular complexity index is 1090. The van der Waals surface area contributed by atoms with Gasteiger partial charge in [-0.2, -0.15) is 0 Å². The van der Waals surface area contributed by atoms with Crippen molar-refractivity contribution in [2.75, 3.05) is 5.32 Å². The van der Waals surface area contributed by atoms with E-state index in [9.17, 15) is 14.9 Å². The zero-order chi connectivity index (χ0) is 21.1. The molecule has 1 heterocycles. The van der Waals surface area contributed by atoms with Gasteiger partial charge in [0.2, 0.25) is 0 Å². The fourth-order valence-corrected chi connectivity index (χ4v) is 2.84. The zero-order valence-electron chi connectivity index (χ0n) is 16.0. The van der Waals surface area contributed by atoms with Crippen molar-refractivity contribution < 1.29 is 19.0 Å². The number of carbonyl (C=O) groups excluding carboxylic acids is 1. The van der Waals surface area contributed by atoms with Gasteiger partial charge in [0.05, 0.1) is 21.2 Å². The van der Waals surface area contributed by atoms with Crippen molar-refractivity contribution in [3.8, 4) is 5.75 Å². The Labute approximate surface area is 171 Å². The number of ether oxygens (including phenoxy) is 1.